The average Bonchev–Trinajstić information content (AvgIpc) is 2.53. The van der Waals surface area contributed by atoms with Crippen LogP contribution in [0.15, 0.2) is 30.6 Å². The number of aryl methyl sites for hydroxylation is 1. The fourth-order valence-electron chi connectivity index (χ4n) is 1.31. The van der Waals surface area contributed by atoms with E-state index in [1.165, 1.54) is 12.1 Å². The second-order valence-corrected chi connectivity index (χ2v) is 3.00. The number of rotatable bonds is 1. The van der Waals surface area contributed by atoms with Crippen molar-refractivity contribution in [2.24, 2.45) is 0 Å². The Kier molecular flexibility index (Phi) is 1.85. The van der Waals surface area contributed by atoms with E-state index < -0.39 is 0 Å². The summed E-state index contributed by atoms with van der Waals surface area (Å²) < 4.78 is 13.0. The number of nitrogens with one attached hydrogen (secondary N) is 1. The first-order valence-corrected chi connectivity index (χ1v) is 4.02. The highest BCUT2D eigenvalue weighted by atomic mass is 19.1. The van der Waals surface area contributed by atoms with Gasteiger partial charge in [0.2, 0.25) is 0 Å². The van der Waals surface area contributed by atoms with Gasteiger partial charge in [0.05, 0.1) is 6.20 Å². The van der Waals surface area contributed by atoms with E-state index in [2.05, 4.69) is 10.2 Å². The number of halogens is 1. The van der Waals surface area contributed by atoms with Crippen LogP contribution in [0, 0.1) is 12.7 Å². The Balaban J connectivity index is 2.53. The Morgan fingerprint density at radius 3 is 2.69 bits per heavy atom. The highest BCUT2D eigenvalue weighted by molar-refractivity contribution is 5.62. The van der Waals surface area contributed by atoms with Gasteiger partial charge in [-0.05, 0) is 30.2 Å². The van der Waals surface area contributed by atoms with Crippen molar-refractivity contribution in [3.05, 3.63) is 42.0 Å². The van der Waals surface area contributed by atoms with E-state index in [9.17, 15) is 4.39 Å². The van der Waals surface area contributed by atoms with E-state index in [-0.39, 0.29) is 5.82 Å². The molecule has 0 radical (unpaired) electrons. The molecule has 0 atom stereocenters. The zero-order valence-corrected chi connectivity index (χ0v) is 7.21. The summed E-state index contributed by atoms with van der Waals surface area (Å²) in [6.45, 7) is 1.87. The predicted octanol–water partition coefficient (Wildman–Crippen LogP) is 2.52. The summed E-state index contributed by atoms with van der Waals surface area (Å²) in [6, 6.07) is 4.93. The Bertz CT molecular complexity index is 387. The van der Waals surface area contributed by atoms with Gasteiger partial charge in [-0.3, -0.25) is 5.10 Å². The van der Waals surface area contributed by atoms with Gasteiger partial charge >= 0.3 is 0 Å². The minimum atomic E-state index is -0.212. The molecule has 0 bridgehead atoms. The molecule has 2 nitrogen and oxygen atoms in total. The summed E-state index contributed by atoms with van der Waals surface area (Å²) in [5.74, 6) is -0.212. The van der Waals surface area contributed by atoms with E-state index in [1.807, 2.05) is 13.0 Å². The Morgan fingerprint density at radius 1 is 1.23 bits per heavy atom. The minimum absolute atomic E-state index is 0.212. The highest BCUT2D eigenvalue weighted by Gasteiger charge is 2.01. The number of H-pyrrole nitrogens is 1. The van der Waals surface area contributed by atoms with Crippen molar-refractivity contribution < 1.29 is 4.39 Å². The van der Waals surface area contributed by atoms with Crippen molar-refractivity contribution in [1.29, 1.82) is 0 Å². The second-order valence-electron chi connectivity index (χ2n) is 3.00. The SMILES string of the molecule is Cc1cc(F)cc(-c2cn[nH]c2)c1. The van der Waals surface area contributed by atoms with Crippen LogP contribution in [0.2, 0.25) is 0 Å². The Morgan fingerprint density at radius 2 is 2.08 bits per heavy atom. The molecule has 13 heavy (non-hydrogen) atoms. The van der Waals surface area contributed by atoms with Crippen molar-refractivity contribution >= 4 is 0 Å². The average molecular weight is 176 g/mol. The second kappa shape index (κ2) is 3.01. The molecule has 0 saturated carbocycles. The quantitative estimate of drug-likeness (QED) is 0.710. The van der Waals surface area contributed by atoms with Gasteiger partial charge < -0.3 is 0 Å². The largest absolute Gasteiger partial charge is 0.285 e. The zero-order chi connectivity index (χ0) is 9.26. The van der Waals surface area contributed by atoms with Crippen LogP contribution >= 0.6 is 0 Å². The smallest absolute Gasteiger partial charge is 0.124 e. The van der Waals surface area contributed by atoms with Crippen molar-refractivity contribution in [1.82, 2.24) is 10.2 Å². The van der Waals surface area contributed by atoms with Gasteiger partial charge in [0.15, 0.2) is 0 Å². The third kappa shape index (κ3) is 1.59. The van der Waals surface area contributed by atoms with Crippen LogP contribution in [-0.2, 0) is 0 Å². The van der Waals surface area contributed by atoms with Crippen LogP contribution in [0.1, 0.15) is 5.56 Å². The number of hydrogen-bond acceptors (Lipinski definition) is 1. The number of nitrogens with zero attached hydrogens (tertiary/aromatic N) is 1. The van der Waals surface area contributed by atoms with Gasteiger partial charge in [-0.15, -0.1) is 0 Å². The van der Waals surface area contributed by atoms with Gasteiger partial charge in [0.1, 0.15) is 5.82 Å². The van der Waals surface area contributed by atoms with Crippen LogP contribution in [0.3, 0.4) is 0 Å². The fourth-order valence-corrected chi connectivity index (χ4v) is 1.31. The van der Waals surface area contributed by atoms with Crippen molar-refractivity contribution in [3.8, 4) is 11.1 Å². The summed E-state index contributed by atoms with van der Waals surface area (Å²) in [7, 11) is 0. The first-order valence-electron chi connectivity index (χ1n) is 4.02. The van der Waals surface area contributed by atoms with Crippen molar-refractivity contribution in [2.45, 2.75) is 6.92 Å². The van der Waals surface area contributed by atoms with Gasteiger partial charge in [-0.2, -0.15) is 5.10 Å². The first-order chi connectivity index (χ1) is 6.25. The third-order valence-electron chi connectivity index (χ3n) is 1.87. The van der Waals surface area contributed by atoms with Crippen LogP contribution < -0.4 is 0 Å². The Labute approximate surface area is 75.4 Å². The van der Waals surface area contributed by atoms with Crippen molar-refractivity contribution in [3.63, 3.8) is 0 Å². The molecule has 1 aromatic heterocycles. The maximum absolute atomic E-state index is 13.0. The monoisotopic (exact) mass is 176 g/mol. The molecule has 1 N–H and O–H groups in total. The number of hydrogen-bond donors (Lipinski definition) is 1. The van der Waals surface area contributed by atoms with Crippen LogP contribution in [0.4, 0.5) is 4.39 Å². The zero-order valence-electron chi connectivity index (χ0n) is 7.21. The fraction of sp³-hybridized carbons (Fsp3) is 0.100. The minimum Gasteiger partial charge on any atom is -0.285 e. The molecule has 3 heteroatoms. The number of aromatic nitrogens is 2. The molecule has 0 amide bonds. The van der Waals surface area contributed by atoms with Gasteiger partial charge in [-0.25, -0.2) is 4.39 Å². The lowest BCUT2D eigenvalue weighted by Crippen LogP contribution is -1.81. The van der Waals surface area contributed by atoms with E-state index >= 15 is 0 Å². The van der Waals surface area contributed by atoms with Crippen LogP contribution in [-0.4, -0.2) is 10.2 Å². The molecule has 0 saturated heterocycles. The van der Waals surface area contributed by atoms with Gasteiger partial charge in [0.25, 0.3) is 0 Å². The van der Waals surface area contributed by atoms with Gasteiger partial charge in [-0.1, -0.05) is 6.07 Å². The molecule has 1 aromatic carbocycles. The van der Waals surface area contributed by atoms with Crippen molar-refractivity contribution in [2.75, 3.05) is 0 Å². The maximum atomic E-state index is 13.0. The molecule has 2 rings (SSSR count). The topological polar surface area (TPSA) is 28.7 Å². The summed E-state index contributed by atoms with van der Waals surface area (Å²) in [4.78, 5) is 0. The molecule has 0 aliphatic carbocycles. The molecular weight excluding hydrogens is 167 g/mol. The number of benzene rings is 1. The molecule has 0 unspecified atom stereocenters. The van der Waals surface area contributed by atoms with E-state index in [4.69, 9.17) is 0 Å². The Hall–Kier alpha value is -1.64. The van der Waals surface area contributed by atoms with Crippen LogP contribution in [0.25, 0.3) is 11.1 Å². The van der Waals surface area contributed by atoms with E-state index in [0.29, 0.717) is 0 Å². The number of aromatic amines is 1. The molecule has 1 heterocycles. The molecular formula is C10H9FN2. The van der Waals surface area contributed by atoms with E-state index in [1.54, 1.807) is 12.4 Å². The van der Waals surface area contributed by atoms with E-state index in [0.717, 1.165) is 16.7 Å². The molecule has 0 aliphatic heterocycles. The lowest BCUT2D eigenvalue weighted by atomic mass is 10.1. The maximum Gasteiger partial charge on any atom is 0.124 e. The first kappa shape index (κ1) is 7.98. The standard InChI is InChI=1S/C10H9FN2/c1-7-2-8(4-10(11)3-7)9-5-12-13-6-9/h2-6H,1H3,(H,12,13). The van der Waals surface area contributed by atoms with Crippen LogP contribution in [0.5, 0.6) is 0 Å². The third-order valence-corrected chi connectivity index (χ3v) is 1.87. The summed E-state index contributed by atoms with van der Waals surface area (Å²) >= 11 is 0. The summed E-state index contributed by atoms with van der Waals surface area (Å²) in [5, 5.41) is 6.51. The summed E-state index contributed by atoms with van der Waals surface area (Å²) in [5.41, 5.74) is 2.67. The molecule has 2 aromatic rings. The normalized spacial score (nSPS) is 10.3. The molecule has 0 fully saturated rings. The molecule has 66 valence electrons. The summed E-state index contributed by atoms with van der Waals surface area (Å²) in [6.07, 6.45) is 3.42. The lowest BCUT2D eigenvalue weighted by molar-refractivity contribution is 0.627. The lowest BCUT2D eigenvalue weighted by Gasteiger charge is -1.99. The van der Waals surface area contributed by atoms with Gasteiger partial charge in [0, 0.05) is 11.8 Å². The molecule has 0 aliphatic rings. The predicted molar refractivity (Wildman–Crippen MR) is 48.7 cm³/mol. The molecule has 0 spiro atoms. The highest BCUT2D eigenvalue weighted by Crippen LogP contribution is 2.20.